The van der Waals surface area contributed by atoms with Crippen molar-refractivity contribution in [2.24, 2.45) is 9.98 Å². The summed E-state index contributed by atoms with van der Waals surface area (Å²) < 4.78 is 10.2. The number of hydrogen-bond donors (Lipinski definition) is 1. The first-order valence-electron chi connectivity index (χ1n) is 6.04. The number of nitrogens with zero attached hydrogens (tertiary/aromatic N) is 3. The lowest BCUT2D eigenvalue weighted by Gasteiger charge is -2.23. The van der Waals surface area contributed by atoms with Gasteiger partial charge >= 0.3 is 0 Å². The SMILES string of the molecule is C=C(/N=C\N=C\N1CCOCC1)N[C@H](C)COC. The van der Waals surface area contributed by atoms with Gasteiger partial charge in [0.25, 0.3) is 0 Å². The van der Waals surface area contributed by atoms with Gasteiger partial charge in [-0.05, 0) is 6.92 Å². The van der Waals surface area contributed by atoms with Crippen LogP contribution in [0, 0.1) is 0 Å². The molecule has 0 spiro atoms. The number of nitrogens with one attached hydrogen (secondary N) is 1. The summed E-state index contributed by atoms with van der Waals surface area (Å²) in [5.74, 6) is 0.582. The second kappa shape index (κ2) is 8.66. The minimum atomic E-state index is 0.183. The third kappa shape index (κ3) is 6.36. The molecule has 1 aliphatic heterocycles. The Morgan fingerprint density at radius 2 is 2.28 bits per heavy atom. The smallest absolute Gasteiger partial charge is 0.120 e. The highest BCUT2D eigenvalue weighted by molar-refractivity contribution is 5.71. The molecule has 0 bridgehead atoms. The van der Waals surface area contributed by atoms with Crippen LogP contribution in [-0.2, 0) is 9.47 Å². The van der Waals surface area contributed by atoms with Crippen molar-refractivity contribution in [1.82, 2.24) is 10.2 Å². The summed E-state index contributed by atoms with van der Waals surface area (Å²) in [6.45, 7) is 9.67. The zero-order valence-corrected chi connectivity index (χ0v) is 11.1. The van der Waals surface area contributed by atoms with Gasteiger partial charge in [0.2, 0.25) is 0 Å². The maximum absolute atomic E-state index is 5.24. The monoisotopic (exact) mass is 254 g/mol. The molecule has 6 nitrogen and oxygen atoms in total. The Kier molecular flexibility index (Phi) is 7.05. The molecule has 0 radical (unpaired) electrons. The third-order valence-electron chi connectivity index (χ3n) is 2.39. The zero-order valence-electron chi connectivity index (χ0n) is 11.1. The number of ether oxygens (including phenoxy) is 2. The molecule has 18 heavy (non-hydrogen) atoms. The summed E-state index contributed by atoms with van der Waals surface area (Å²) in [5.41, 5.74) is 0. The van der Waals surface area contributed by atoms with Crippen LogP contribution in [0.4, 0.5) is 0 Å². The van der Waals surface area contributed by atoms with Gasteiger partial charge in [-0.15, -0.1) is 0 Å². The van der Waals surface area contributed by atoms with Crippen molar-refractivity contribution in [1.29, 1.82) is 0 Å². The Hall–Kier alpha value is -1.40. The maximum atomic E-state index is 5.24. The lowest BCUT2D eigenvalue weighted by molar-refractivity contribution is 0.0701. The Morgan fingerprint density at radius 3 is 2.94 bits per heavy atom. The second-order valence-corrected chi connectivity index (χ2v) is 4.10. The van der Waals surface area contributed by atoms with E-state index in [1.807, 2.05) is 6.92 Å². The van der Waals surface area contributed by atoms with Crippen LogP contribution in [0.1, 0.15) is 6.92 Å². The van der Waals surface area contributed by atoms with Crippen molar-refractivity contribution in [2.45, 2.75) is 13.0 Å². The summed E-state index contributed by atoms with van der Waals surface area (Å²) in [4.78, 5) is 10.3. The molecule has 0 amide bonds. The van der Waals surface area contributed by atoms with Crippen LogP contribution in [0.5, 0.6) is 0 Å². The largest absolute Gasteiger partial charge is 0.383 e. The van der Waals surface area contributed by atoms with Crippen LogP contribution in [0.2, 0.25) is 0 Å². The van der Waals surface area contributed by atoms with E-state index in [9.17, 15) is 0 Å². The molecule has 1 N–H and O–H groups in total. The van der Waals surface area contributed by atoms with Crippen LogP contribution in [0.25, 0.3) is 0 Å². The topological polar surface area (TPSA) is 58.5 Å². The van der Waals surface area contributed by atoms with Gasteiger partial charge in [0.05, 0.1) is 26.2 Å². The first-order chi connectivity index (χ1) is 8.72. The Bertz CT molecular complexity index is 298. The van der Waals surface area contributed by atoms with Crippen LogP contribution in [0.15, 0.2) is 22.4 Å². The molecule has 1 fully saturated rings. The average Bonchev–Trinajstić information content (AvgIpc) is 2.36. The highest BCUT2D eigenvalue weighted by Gasteiger charge is 2.05. The van der Waals surface area contributed by atoms with Crippen molar-refractivity contribution >= 4 is 12.7 Å². The van der Waals surface area contributed by atoms with Gasteiger partial charge in [0, 0.05) is 26.2 Å². The maximum Gasteiger partial charge on any atom is 0.120 e. The molecular formula is C12H22N4O2. The molecule has 1 atom stereocenters. The molecule has 6 heteroatoms. The Labute approximate surface area is 108 Å². The van der Waals surface area contributed by atoms with Crippen molar-refractivity contribution in [3.63, 3.8) is 0 Å². The molecule has 1 rings (SSSR count). The first kappa shape index (κ1) is 14.7. The Balaban J connectivity index is 2.22. The van der Waals surface area contributed by atoms with Gasteiger partial charge in [-0.25, -0.2) is 9.98 Å². The lowest BCUT2D eigenvalue weighted by atomic mass is 10.4. The molecule has 0 aromatic carbocycles. The van der Waals surface area contributed by atoms with Gasteiger partial charge in [-0.1, -0.05) is 6.58 Å². The number of methoxy groups -OCH3 is 1. The normalized spacial score (nSPS) is 18.4. The van der Waals surface area contributed by atoms with E-state index >= 15 is 0 Å². The predicted octanol–water partition coefficient (Wildman–Crippen LogP) is 0.471. The highest BCUT2D eigenvalue weighted by atomic mass is 16.5. The van der Waals surface area contributed by atoms with Gasteiger partial charge in [-0.2, -0.15) is 0 Å². The first-order valence-corrected chi connectivity index (χ1v) is 6.04. The lowest BCUT2D eigenvalue weighted by Crippen LogP contribution is -2.35. The predicted molar refractivity (Wildman–Crippen MR) is 73.0 cm³/mol. The molecule has 0 aliphatic carbocycles. The molecule has 1 heterocycles. The fourth-order valence-electron chi connectivity index (χ4n) is 1.53. The van der Waals surface area contributed by atoms with Gasteiger partial charge in [0.15, 0.2) is 0 Å². The van der Waals surface area contributed by atoms with Crippen molar-refractivity contribution in [3.05, 3.63) is 12.4 Å². The van der Waals surface area contributed by atoms with Crippen molar-refractivity contribution < 1.29 is 9.47 Å². The molecule has 1 aliphatic rings. The summed E-state index contributed by atoms with van der Waals surface area (Å²) in [6, 6.07) is 0.183. The van der Waals surface area contributed by atoms with E-state index < -0.39 is 0 Å². The number of aliphatic imine (C=N–C) groups is 2. The molecular weight excluding hydrogens is 232 g/mol. The number of morpholine rings is 1. The second-order valence-electron chi connectivity index (χ2n) is 4.10. The number of rotatable bonds is 7. The van der Waals surface area contributed by atoms with Crippen LogP contribution >= 0.6 is 0 Å². The molecule has 0 aromatic rings. The number of hydrogen-bond acceptors (Lipinski definition) is 4. The van der Waals surface area contributed by atoms with E-state index in [2.05, 4.69) is 26.8 Å². The van der Waals surface area contributed by atoms with Crippen LogP contribution < -0.4 is 5.32 Å². The highest BCUT2D eigenvalue weighted by Crippen LogP contribution is 1.93. The Morgan fingerprint density at radius 1 is 1.56 bits per heavy atom. The summed E-state index contributed by atoms with van der Waals surface area (Å²) in [5, 5.41) is 3.09. The van der Waals surface area contributed by atoms with E-state index in [1.54, 1.807) is 13.4 Å². The fourth-order valence-corrected chi connectivity index (χ4v) is 1.53. The van der Waals surface area contributed by atoms with Gasteiger partial charge < -0.3 is 19.7 Å². The molecule has 0 aromatic heterocycles. The van der Waals surface area contributed by atoms with Crippen molar-refractivity contribution in [2.75, 3.05) is 40.0 Å². The zero-order chi connectivity index (χ0) is 13.2. The van der Waals surface area contributed by atoms with E-state index in [0.29, 0.717) is 12.4 Å². The van der Waals surface area contributed by atoms with E-state index in [0.717, 1.165) is 26.3 Å². The quantitative estimate of drug-likeness (QED) is 0.530. The summed E-state index contributed by atoms with van der Waals surface area (Å²) in [7, 11) is 1.66. The summed E-state index contributed by atoms with van der Waals surface area (Å²) >= 11 is 0. The summed E-state index contributed by atoms with van der Waals surface area (Å²) in [6.07, 6.45) is 3.27. The standard InChI is InChI=1S/C12H22N4O2/c1-11(8-17-3)15-12(2)14-9-13-10-16-4-6-18-7-5-16/h9-11,15H,2,4-8H2,1,3H3/b13-10+,14-9-/t11-/m1/s1. The van der Waals surface area contributed by atoms with E-state index in [4.69, 9.17) is 9.47 Å². The fraction of sp³-hybridized carbons (Fsp3) is 0.667. The van der Waals surface area contributed by atoms with E-state index in [-0.39, 0.29) is 6.04 Å². The molecule has 102 valence electrons. The average molecular weight is 254 g/mol. The third-order valence-corrected chi connectivity index (χ3v) is 2.39. The van der Waals surface area contributed by atoms with E-state index in [1.165, 1.54) is 6.34 Å². The molecule has 0 unspecified atom stereocenters. The minimum absolute atomic E-state index is 0.183. The van der Waals surface area contributed by atoms with Crippen LogP contribution in [-0.4, -0.2) is 63.6 Å². The minimum Gasteiger partial charge on any atom is -0.383 e. The van der Waals surface area contributed by atoms with Crippen molar-refractivity contribution in [3.8, 4) is 0 Å². The molecule has 1 saturated heterocycles. The van der Waals surface area contributed by atoms with Gasteiger partial charge in [0.1, 0.15) is 12.2 Å². The van der Waals surface area contributed by atoms with Gasteiger partial charge in [-0.3, -0.25) is 0 Å². The molecule has 0 saturated carbocycles. The van der Waals surface area contributed by atoms with Crippen LogP contribution in [0.3, 0.4) is 0 Å².